The number of fused-ring (bicyclic) bond motifs is 1. The molecule has 134 valence electrons. The van der Waals surface area contributed by atoms with Crippen LogP contribution in [0.3, 0.4) is 0 Å². The second-order valence-electron chi connectivity index (χ2n) is 6.54. The number of benzene rings is 1. The van der Waals surface area contributed by atoms with Crippen molar-refractivity contribution in [1.29, 1.82) is 0 Å². The summed E-state index contributed by atoms with van der Waals surface area (Å²) in [5.41, 5.74) is 5.94. The smallest absolute Gasteiger partial charge is 0.248 e. The molecular weight excluding hydrogens is 358 g/mol. The van der Waals surface area contributed by atoms with Crippen molar-refractivity contribution in [1.82, 2.24) is 9.97 Å². The van der Waals surface area contributed by atoms with Gasteiger partial charge >= 0.3 is 0 Å². The molecule has 0 bridgehead atoms. The van der Waals surface area contributed by atoms with E-state index in [0.29, 0.717) is 28.5 Å². The zero-order valence-electron chi connectivity index (χ0n) is 13.7. The van der Waals surface area contributed by atoms with E-state index in [4.69, 9.17) is 5.73 Å². The molecule has 1 saturated carbocycles. The van der Waals surface area contributed by atoms with Crippen LogP contribution in [0.2, 0.25) is 0 Å². The number of halogens is 2. The summed E-state index contributed by atoms with van der Waals surface area (Å²) in [5.74, 6) is -0.931. The number of hydrogen-bond donors (Lipinski definition) is 2. The van der Waals surface area contributed by atoms with Crippen LogP contribution in [0.15, 0.2) is 36.5 Å². The maximum absolute atomic E-state index is 14.2. The van der Waals surface area contributed by atoms with E-state index in [-0.39, 0.29) is 12.8 Å². The molecule has 5 nitrogen and oxygen atoms in total. The van der Waals surface area contributed by atoms with E-state index in [9.17, 15) is 13.6 Å². The molecule has 0 saturated heterocycles. The van der Waals surface area contributed by atoms with Crippen molar-refractivity contribution in [2.45, 2.75) is 24.4 Å². The van der Waals surface area contributed by atoms with Crippen LogP contribution in [0, 0.1) is 5.82 Å². The Labute approximate surface area is 152 Å². The number of nitrogens with zero attached hydrogens (tertiary/aromatic N) is 2. The average molecular weight is 374 g/mol. The Morgan fingerprint density at radius 2 is 2.19 bits per heavy atom. The van der Waals surface area contributed by atoms with E-state index < -0.39 is 23.3 Å². The van der Waals surface area contributed by atoms with Gasteiger partial charge in [0.05, 0.1) is 15.9 Å². The third-order valence-corrected chi connectivity index (χ3v) is 5.73. The summed E-state index contributed by atoms with van der Waals surface area (Å²) >= 11 is 1.41. The van der Waals surface area contributed by atoms with Crippen LogP contribution in [-0.2, 0) is 5.41 Å². The van der Waals surface area contributed by atoms with E-state index in [0.717, 1.165) is 4.70 Å². The zero-order valence-corrected chi connectivity index (χ0v) is 14.5. The van der Waals surface area contributed by atoms with Crippen molar-refractivity contribution in [2.75, 3.05) is 11.9 Å². The minimum atomic E-state index is -0.952. The Morgan fingerprint density at radius 3 is 2.88 bits per heavy atom. The number of nitrogens with two attached hydrogens (primary N) is 1. The number of aromatic nitrogens is 2. The first-order valence-corrected chi connectivity index (χ1v) is 8.98. The molecule has 1 aliphatic carbocycles. The van der Waals surface area contributed by atoms with Gasteiger partial charge in [0, 0.05) is 23.7 Å². The highest BCUT2D eigenvalue weighted by Crippen LogP contribution is 2.45. The average Bonchev–Trinajstić information content (AvgIpc) is 3.00. The second kappa shape index (κ2) is 6.28. The molecule has 3 N–H and O–H groups in total. The summed E-state index contributed by atoms with van der Waals surface area (Å²) in [4.78, 5) is 19.9. The first-order valence-electron chi connectivity index (χ1n) is 8.16. The summed E-state index contributed by atoms with van der Waals surface area (Å²) in [6, 6.07) is 7.94. The van der Waals surface area contributed by atoms with Gasteiger partial charge in [0.15, 0.2) is 5.13 Å². The molecule has 1 fully saturated rings. The highest BCUT2D eigenvalue weighted by atomic mass is 32.1. The predicted molar refractivity (Wildman–Crippen MR) is 96.6 cm³/mol. The summed E-state index contributed by atoms with van der Waals surface area (Å²) in [5, 5.41) is 3.81. The van der Waals surface area contributed by atoms with Crippen LogP contribution >= 0.6 is 11.3 Å². The van der Waals surface area contributed by atoms with Gasteiger partial charge in [-0.15, -0.1) is 0 Å². The number of nitrogens with one attached hydrogen (secondary N) is 1. The minimum absolute atomic E-state index is 0.227. The van der Waals surface area contributed by atoms with Crippen molar-refractivity contribution < 1.29 is 13.6 Å². The van der Waals surface area contributed by atoms with Crippen molar-refractivity contribution >= 4 is 32.6 Å². The highest BCUT2D eigenvalue weighted by molar-refractivity contribution is 7.22. The maximum atomic E-state index is 14.2. The lowest BCUT2D eigenvalue weighted by atomic mass is 9.65. The third-order valence-electron chi connectivity index (χ3n) is 4.74. The van der Waals surface area contributed by atoms with Gasteiger partial charge in [-0.2, -0.15) is 0 Å². The molecule has 0 spiro atoms. The van der Waals surface area contributed by atoms with E-state index in [2.05, 4.69) is 15.3 Å². The first kappa shape index (κ1) is 16.8. The number of carbonyl (C=O) groups excluding carboxylic acids is 1. The van der Waals surface area contributed by atoms with Gasteiger partial charge in [-0.05, 0) is 43.2 Å². The zero-order chi connectivity index (χ0) is 18.3. The quantitative estimate of drug-likeness (QED) is 0.717. The fourth-order valence-electron chi connectivity index (χ4n) is 3.39. The number of thiazole rings is 1. The summed E-state index contributed by atoms with van der Waals surface area (Å²) in [6.07, 6.45) is 1.02. The SMILES string of the molecule is NC(=O)c1ccc2sc(NC[C@]3(c4ncccc4F)C[C@H](F)C3)nc2c1. The van der Waals surface area contributed by atoms with Crippen LogP contribution in [0.1, 0.15) is 28.9 Å². The summed E-state index contributed by atoms with van der Waals surface area (Å²) < 4.78 is 28.7. The minimum Gasteiger partial charge on any atom is -0.366 e. The molecule has 3 aromatic rings. The normalized spacial score (nSPS) is 22.2. The molecule has 0 aliphatic heterocycles. The largest absolute Gasteiger partial charge is 0.366 e. The highest BCUT2D eigenvalue weighted by Gasteiger charge is 2.48. The number of alkyl halides is 1. The van der Waals surface area contributed by atoms with Gasteiger partial charge in [-0.3, -0.25) is 9.78 Å². The van der Waals surface area contributed by atoms with E-state index in [1.165, 1.54) is 29.7 Å². The molecular formula is C18H16F2N4OS. The molecule has 0 unspecified atom stereocenters. The first-order chi connectivity index (χ1) is 12.5. The molecule has 0 radical (unpaired) electrons. The number of carbonyl (C=O) groups is 1. The topological polar surface area (TPSA) is 80.9 Å². The van der Waals surface area contributed by atoms with Crippen molar-refractivity contribution in [3.63, 3.8) is 0 Å². The molecule has 26 heavy (non-hydrogen) atoms. The van der Waals surface area contributed by atoms with Crippen LogP contribution in [0.25, 0.3) is 10.2 Å². The second-order valence-corrected chi connectivity index (χ2v) is 7.57. The fourth-order valence-corrected chi connectivity index (χ4v) is 4.23. The number of pyridine rings is 1. The van der Waals surface area contributed by atoms with Gasteiger partial charge in [0.2, 0.25) is 5.91 Å². The lowest BCUT2D eigenvalue weighted by molar-refractivity contribution is 0.0964. The summed E-state index contributed by atoms with van der Waals surface area (Å²) in [7, 11) is 0. The van der Waals surface area contributed by atoms with E-state index >= 15 is 0 Å². The van der Waals surface area contributed by atoms with Crippen LogP contribution in [-0.4, -0.2) is 28.6 Å². The van der Waals surface area contributed by atoms with Gasteiger partial charge < -0.3 is 11.1 Å². The lowest BCUT2D eigenvalue weighted by Crippen LogP contribution is -2.48. The standard InChI is InChI=1S/C18H16F2N4OS/c19-11-7-18(8-11,15-12(20)2-1-5-22-15)9-23-17-24-13-6-10(16(21)25)3-4-14(13)26-17/h1-6,11H,7-9H2,(H2,21,25)(H,23,24)/t11-,18-. The lowest BCUT2D eigenvalue weighted by Gasteiger charge is -2.43. The van der Waals surface area contributed by atoms with Gasteiger partial charge in [0.1, 0.15) is 12.0 Å². The molecule has 1 aromatic carbocycles. The van der Waals surface area contributed by atoms with Crippen molar-refractivity contribution in [3.8, 4) is 0 Å². The Kier molecular flexibility index (Phi) is 4.07. The molecule has 2 heterocycles. The van der Waals surface area contributed by atoms with Gasteiger partial charge in [-0.25, -0.2) is 13.8 Å². The van der Waals surface area contributed by atoms with E-state index in [1.807, 2.05) is 0 Å². The van der Waals surface area contributed by atoms with Gasteiger partial charge in [0.25, 0.3) is 0 Å². The summed E-state index contributed by atoms with van der Waals surface area (Å²) in [6.45, 7) is 0.337. The number of primary amides is 1. The number of amides is 1. The number of hydrogen-bond acceptors (Lipinski definition) is 5. The molecule has 2 aromatic heterocycles. The van der Waals surface area contributed by atoms with Crippen LogP contribution < -0.4 is 11.1 Å². The molecule has 8 heteroatoms. The third kappa shape index (κ3) is 2.90. The molecule has 0 atom stereocenters. The van der Waals surface area contributed by atoms with Gasteiger partial charge in [-0.1, -0.05) is 11.3 Å². The van der Waals surface area contributed by atoms with Crippen LogP contribution in [0.4, 0.5) is 13.9 Å². The Balaban J connectivity index is 1.58. The van der Waals surface area contributed by atoms with E-state index in [1.54, 1.807) is 18.2 Å². The molecule has 1 amide bonds. The number of anilines is 1. The maximum Gasteiger partial charge on any atom is 0.248 e. The molecule has 4 rings (SSSR count). The Bertz CT molecular complexity index is 984. The van der Waals surface area contributed by atoms with Crippen molar-refractivity contribution in [2.24, 2.45) is 5.73 Å². The van der Waals surface area contributed by atoms with Crippen LogP contribution in [0.5, 0.6) is 0 Å². The Hall–Kier alpha value is -2.61. The predicted octanol–water partition coefficient (Wildman–Crippen LogP) is 3.41. The monoisotopic (exact) mass is 374 g/mol. The van der Waals surface area contributed by atoms with Crippen molar-refractivity contribution in [3.05, 3.63) is 53.6 Å². The Morgan fingerprint density at radius 1 is 1.38 bits per heavy atom. The number of rotatable bonds is 5. The fraction of sp³-hybridized carbons (Fsp3) is 0.278. The molecule has 1 aliphatic rings.